The van der Waals surface area contributed by atoms with Gasteiger partial charge < -0.3 is 24.4 Å². The number of unbranched alkanes of at least 4 members (excludes halogenated alkanes) is 1. The number of carbonyl (C=O) groups excluding carboxylic acids is 3. The number of nitrogens with zero attached hydrogens (tertiary/aromatic N) is 2. The highest BCUT2D eigenvalue weighted by atomic mass is 16.6. The second-order valence-electron chi connectivity index (χ2n) is 13.6. The average molecular weight is 545 g/mol. The number of allylic oxidation sites excluding steroid dienone is 1. The monoisotopic (exact) mass is 544 g/mol. The Bertz CT molecular complexity index is 1010. The molecule has 39 heavy (non-hydrogen) atoms. The third kappa shape index (κ3) is 5.31. The Hall–Kier alpha value is -2.19. The molecule has 5 atom stereocenters. The van der Waals surface area contributed by atoms with Gasteiger partial charge in [0.2, 0.25) is 11.8 Å². The normalized spacial score (nSPS) is 34.3. The average Bonchev–Trinajstić information content (AvgIpc) is 3.19. The lowest BCUT2D eigenvalue weighted by Crippen LogP contribution is -2.60. The minimum atomic E-state index is -1.28. The van der Waals surface area contributed by atoms with Gasteiger partial charge in [-0.05, 0) is 64.2 Å². The van der Waals surface area contributed by atoms with Crippen molar-refractivity contribution in [2.45, 2.75) is 109 Å². The van der Waals surface area contributed by atoms with Crippen LogP contribution in [-0.2, 0) is 23.9 Å². The number of cyclic esters (lactones) is 1. The Labute approximate surface area is 233 Å². The minimum Gasteiger partial charge on any atom is -0.465 e. The van der Waals surface area contributed by atoms with E-state index >= 15 is 0 Å². The van der Waals surface area contributed by atoms with E-state index in [-0.39, 0.29) is 23.8 Å². The number of carbonyl (C=O) groups is 3. The van der Waals surface area contributed by atoms with Crippen LogP contribution in [0.25, 0.3) is 0 Å². The predicted octanol–water partition coefficient (Wildman–Crippen LogP) is 4.02. The van der Waals surface area contributed by atoms with E-state index in [0.717, 1.165) is 25.7 Å². The molecule has 0 aromatic heterocycles. The zero-order valence-corrected chi connectivity index (χ0v) is 24.7. The zero-order chi connectivity index (χ0) is 28.6. The molecule has 8 heteroatoms. The fourth-order valence-corrected chi connectivity index (χ4v) is 7.61. The summed E-state index contributed by atoms with van der Waals surface area (Å²) >= 11 is 0. The lowest BCUT2D eigenvalue weighted by Gasteiger charge is -2.45. The topological polar surface area (TPSA) is 96.4 Å². The molecule has 4 rings (SSSR count). The molecule has 4 heterocycles. The summed E-state index contributed by atoms with van der Waals surface area (Å²) in [4.78, 5) is 46.2. The number of likely N-dealkylation sites (tertiary alicyclic amines) is 1. The smallest absolute Gasteiger partial charge is 0.313 e. The van der Waals surface area contributed by atoms with Crippen molar-refractivity contribution >= 4 is 17.8 Å². The fourth-order valence-electron chi connectivity index (χ4n) is 7.61. The molecule has 1 unspecified atom stereocenters. The molecule has 1 N–H and O–H groups in total. The van der Waals surface area contributed by atoms with Crippen LogP contribution in [0.5, 0.6) is 0 Å². The van der Waals surface area contributed by atoms with E-state index in [1.54, 1.807) is 4.90 Å². The van der Waals surface area contributed by atoms with Crippen LogP contribution in [0.15, 0.2) is 24.3 Å². The Morgan fingerprint density at radius 3 is 2.41 bits per heavy atom. The molecule has 0 saturated carbocycles. The summed E-state index contributed by atoms with van der Waals surface area (Å²) in [5.41, 5.74) is -2.80. The number of hydrogen-bond donors (Lipinski definition) is 1. The molecule has 0 aromatic carbocycles. The van der Waals surface area contributed by atoms with E-state index in [0.29, 0.717) is 39.0 Å². The highest BCUT2D eigenvalue weighted by Gasteiger charge is 2.75. The Balaban J connectivity index is 1.85. The molecule has 0 bridgehead atoms. The first-order valence-electron chi connectivity index (χ1n) is 14.8. The highest BCUT2D eigenvalue weighted by molar-refractivity contribution is 5.99. The number of aliphatic hydroxyl groups is 1. The zero-order valence-electron chi connectivity index (χ0n) is 24.7. The predicted molar refractivity (Wildman–Crippen MR) is 149 cm³/mol. The van der Waals surface area contributed by atoms with Crippen LogP contribution >= 0.6 is 0 Å². The van der Waals surface area contributed by atoms with E-state index in [2.05, 4.69) is 40.7 Å². The number of ether oxygens (including phenoxy) is 2. The summed E-state index contributed by atoms with van der Waals surface area (Å²) in [5.74, 6) is -2.53. The highest BCUT2D eigenvalue weighted by Crippen LogP contribution is 2.58. The summed E-state index contributed by atoms with van der Waals surface area (Å²) in [7, 11) is 0. The van der Waals surface area contributed by atoms with Crippen LogP contribution in [0.4, 0.5) is 0 Å². The minimum absolute atomic E-state index is 0.00898. The van der Waals surface area contributed by atoms with Crippen molar-refractivity contribution in [3.05, 3.63) is 24.3 Å². The second-order valence-corrected chi connectivity index (χ2v) is 13.6. The number of fused-ring (bicyclic) bond motifs is 2. The van der Waals surface area contributed by atoms with Crippen LogP contribution in [0.1, 0.15) is 86.5 Å². The standard InChI is InChI=1S/C31H48N2O6/c1-7-30-15-10-8-9-13-20-38-27(37)23(30)22-25(35)32(17-11-12-19-34)24-26(36)33(18-14-16-31(22,24)39-30)29(5,6)21-28(2,3)4/h10,14-16,22-24,34H,7-9,11-13,17-21H2,1-6H3/b15-10-/t22-,23-,24?,30+,31-/m0/s1. The third-order valence-corrected chi connectivity index (χ3v) is 8.88. The SMILES string of the molecule is CC[C@@]12/C=C\CCCCOC(=O)[C@@H]1[C@H]1C(=O)N(CCCCO)C3C(=O)N(C(C)(C)CC(C)(C)C)CC=C[C@@]31O2. The van der Waals surface area contributed by atoms with Crippen molar-refractivity contribution in [1.82, 2.24) is 9.80 Å². The lowest BCUT2D eigenvalue weighted by atomic mass is 9.73. The van der Waals surface area contributed by atoms with Gasteiger partial charge in [0, 0.05) is 25.2 Å². The maximum atomic E-state index is 14.6. The molecule has 0 aliphatic carbocycles. The first kappa shape index (κ1) is 29.8. The van der Waals surface area contributed by atoms with Crippen LogP contribution in [0, 0.1) is 17.3 Å². The Morgan fingerprint density at radius 2 is 1.74 bits per heavy atom. The molecule has 2 amide bonds. The van der Waals surface area contributed by atoms with Gasteiger partial charge in [-0.25, -0.2) is 0 Å². The van der Waals surface area contributed by atoms with E-state index in [4.69, 9.17) is 9.47 Å². The van der Waals surface area contributed by atoms with Crippen molar-refractivity contribution in [1.29, 1.82) is 0 Å². The third-order valence-electron chi connectivity index (χ3n) is 8.88. The summed E-state index contributed by atoms with van der Waals surface area (Å²) in [6, 6.07) is -0.895. The van der Waals surface area contributed by atoms with E-state index in [1.165, 1.54) is 0 Å². The van der Waals surface area contributed by atoms with E-state index < -0.39 is 40.6 Å². The van der Waals surface area contributed by atoms with Gasteiger partial charge in [0.15, 0.2) is 0 Å². The van der Waals surface area contributed by atoms with E-state index in [9.17, 15) is 19.5 Å². The van der Waals surface area contributed by atoms with E-state index in [1.807, 2.05) is 30.1 Å². The van der Waals surface area contributed by atoms with Crippen molar-refractivity contribution in [3.63, 3.8) is 0 Å². The quantitative estimate of drug-likeness (QED) is 0.296. The maximum absolute atomic E-state index is 14.6. The Kier molecular flexibility index (Phi) is 8.40. The molecule has 0 radical (unpaired) electrons. The second kappa shape index (κ2) is 11.0. The van der Waals surface area contributed by atoms with Crippen LogP contribution in [-0.4, -0.2) is 81.8 Å². The number of esters is 1. The first-order valence-corrected chi connectivity index (χ1v) is 14.8. The van der Waals surface area contributed by atoms with Gasteiger partial charge in [0.1, 0.15) is 23.2 Å². The molecule has 4 aliphatic heterocycles. The molecule has 218 valence electrons. The van der Waals surface area contributed by atoms with Gasteiger partial charge in [-0.3, -0.25) is 14.4 Å². The van der Waals surface area contributed by atoms with Gasteiger partial charge in [-0.2, -0.15) is 0 Å². The summed E-state index contributed by atoms with van der Waals surface area (Å²) in [6.45, 7) is 13.6. The number of amides is 2. The van der Waals surface area contributed by atoms with Crippen molar-refractivity contribution in [3.8, 4) is 0 Å². The maximum Gasteiger partial charge on any atom is 0.313 e. The molecule has 2 fully saturated rings. The summed E-state index contributed by atoms with van der Waals surface area (Å²) in [6.07, 6.45) is 12.7. The molecule has 1 spiro atoms. The molecule has 4 aliphatic rings. The van der Waals surface area contributed by atoms with Gasteiger partial charge in [0.25, 0.3) is 0 Å². The van der Waals surface area contributed by atoms with Gasteiger partial charge in [-0.1, -0.05) is 52.0 Å². The molecule has 2 saturated heterocycles. The number of rotatable bonds is 7. The van der Waals surface area contributed by atoms with Crippen molar-refractivity contribution in [2.24, 2.45) is 17.3 Å². The summed E-state index contributed by atoms with van der Waals surface area (Å²) < 4.78 is 12.7. The fraction of sp³-hybridized carbons (Fsp3) is 0.774. The molecular weight excluding hydrogens is 496 g/mol. The van der Waals surface area contributed by atoms with Crippen LogP contribution in [0.2, 0.25) is 0 Å². The van der Waals surface area contributed by atoms with Crippen LogP contribution in [0.3, 0.4) is 0 Å². The molecular formula is C31H48N2O6. The number of hydrogen-bond acceptors (Lipinski definition) is 6. The van der Waals surface area contributed by atoms with Crippen LogP contribution < -0.4 is 0 Å². The lowest BCUT2D eigenvalue weighted by molar-refractivity contribution is -0.162. The van der Waals surface area contributed by atoms with Gasteiger partial charge in [0.05, 0.1) is 12.5 Å². The molecule has 8 nitrogen and oxygen atoms in total. The van der Waals surface area contributed by atoms with Crippen molar-refractivity contribution in [2.75, 3.05) is 26.3 Å². The molecule has 0 aromatic rings. The summed E-state index contributed by atoms with van der Waals surface area (Å²) in [5, 5.41) is 9.43. The Morgan fingerprint density at radius 1 is 1.00 bits per heavy atom. The van der Waals surface area contributed by atoms with Gasteiger partial charge in [-0.15, -0.1) is 0 Å². The van der Waals surface area contributed by atoms with Crippen molar-refractivity contribution < 1.29 is 29.0 Å². The number of aliphatic hydroxyl groups excluding tert-OH is 1. The van der Waals surface area contributed by atoms with Gasteiger partial charge >= 0.3 is 5.97 Å². The largest absolute Gasteiger partial charge is 0.465 e. The first-order chi connectivity index (χ1) is 18.3.